The van der Waals surface area contributed by atoms with Crippen molar-refractivity contribution in [1.82, 2.24) is 15.2 Å². The summed E-state index contributed by atoms with van der Waals surface area (Å²) in [4.78, 5) is 42.7. The molecule has 2 amide bonds. The van der Waals surface area contributed by atoms with Gasteiger partial charge in [-0.3, -0.25) is 19.8 Å². The molecular weight excluding hydrogens is 382 g/mol. The predicted molar refractivity (Wildman–Crippen MR) is 112 cm³/mol. The molecule has 1 aliphatic rings. The van der Waals surface area contributed by atoms with Gasteiger partial charge in [0.15, 0.2) is 0 Å². The second kappa shape index (κ2) is 8.51. The van der Waals surface area contributed by atoms with Gasteiger partial charge in [0.1, 0.15) is 6.04 Å². The normalized spacial score (nSPS) is 17.9. The summed E-state index contributed by atoms with van der Waals surface area (Å²) < 4.78 is 4.92. The number of aromatic amines is 1. The molecule has 1 aliphatic heterocycles. The third kappa shape index (κ3) is 3.84. The summed E-state index contributed by atoms with van der Waals surface area (Å²) in [5, 5.41) is 4.05. The highest BCUT2D eigenvalue weighted by Crippen LogP contribution is 2.22. The Morgan fingerprint density at radius 3 is 2.63 bits per heavy atom. The quantitative estimate of drug-likeness (QED) is 0.482. The number of nitrogens with zero attached hydrogens (tertiary/aromatic N) is 1. The summed E-state index contributed by atoms with van der Waals surface area (Å²) in [7, 11) is 1.26. The Morgan fingerprint density at radius 1 is 1.13 bits per heavy atom. The Kier molecular flexibility index (Phi) is 5.63. The number of amides is 2. The molecule has 7 heteroatoms. The first-order valence-electron chi connectivity index (χ1n) is 9.84. The second-order valence-corrected chi connectivity index (χ2v) is 7.33. The Morgan fingerprint density at radius 2 is 1.87 bits per heavy atom. The molecule has 2 atom stereocenters. The number of hydrogen-bond donors (Lipinski definition) is 2. The maximum atomic E-state index is 13.3. The van der Waals surface area contributed by atoms with Crippen LogP contribution in [-0.4, -0.2) is 53.4 Å². The van der Waals surface area contributed by atoms with Crippen molar-refractivity contribution in [2.24, 2.45) is 0 Å². The molecule has 2 aromatic carbocycles. The zero-order valence-corrected chi connectivity index (χ0v) is 16.6. The summed E-state index contributed by atoms with van der Waals surface area (Å²) in [5.41, 5.74) is 2.81. The van der Waals surface area contributed by atoms with E-state index < -0.39 is 29.9 Å². The fourth-order valence-electron chi connectivity index (χ4n) is 3.93. The number of esters is 1. The maximum absolute atomic E-state index is 13.3. The fraction of sp³-hybridized carbons (Fsp3) is 0.261. The minimum Gasteiger partial charge on any atom is -0.467 e. The lowest BCUT2D eigenvalue weighted by Gasteiger charge is -2.35. The van der Waals surface area contributed by atoms with Crippen LogP contribution < -0.4 is 5.32 Å². The molecule has 7 nitrogen and oxygen atoms in total. The monoisotopic (exact) mass is 405 g/mol. The minimum atomic E-state index is -0.995. The number of aromatic nitrogens is 1. The van der Waals surface area contributed by atoms with Crippen LogP contribution in [0.15, 0.2) is 60.8 Å². The van der Waals surface area contributed by atoms with Gasteiger partial charge in [0, 0.05) is 23.5 Å². The molecule has 0 unspecified atom stereocenters. The minimum absolute atomic E-state index is 0.0129. The molecule has 0 bridgehead atoms. The number of hydrogen-bond acceptors (Lipinski definition) is 5. The first-order chi connectivity index (χ1) is 14.6. The summed E-state index contributed by atoms with van der Waals surface area (Å²) in [5.74, 6) is -1.45. The van der Waals surface area contributed by atoms with Crippen LogP contribution >= 0.6 is 0 Å². The summed E-state index contributed by atoms with van der Waals surface area (Å²) in [6.45, 7) is -0.0129. The lowest BCUT2D eigenvalue weighted by molar-refractivity contribution is -0.162. The van der Waals surface area contributed by atoms with E-state index in [1.165, 1.54) is 7.11 Å². The van der Waals surface area contributed by atoms with Crippen LogP contribution in [-0.2, 0) is 32.0 Å². The first-order valence-corrected chi connectivity index (χ1v) is 9.84. The summed E-state index contributed by atoms with van der Waals surface area (Å²) in [6.07, 6.45) is 2.50. The van der Waals surface area contributed by atoms with Gasteiger partial charge in [-0.15, -0.1) is 0 Å². The number of imide groups is 1. The maximum Gasteiger partial charge on any atom is 0.329 e. The van der Waals surface area contributed by atoms with Crippen molar-refractivity contribution in [2.45, 2.75) is 24.9 Å². The molecule has 0 radical (unpaired) electrons. The molecule has 0 spiro atoms. The molecule has 30 heavy (non-hydrogen) atoms. The summed E-state index contributed by atoms with van der Waals surface area (Å²) >= 11 is 0. The predicted octanol–water partition coefficient (Wildman–Crippen LogP) is 1.82. The van der Waals surface area contributed by atoms with Gasteiger partial charge in [0.05, 0.1) is 19.7 Å². The number of nitrogens with one attached hydrogen (secondary N) is 2. The Hall–Kier alpha value is -3.45. The topological polar surface area (TPSA) is 91.5 Å². The van der Waals surface area contributed by atoms with Crippen LogP contribution in [0.4, 0.5) is 0 Å². The second-order valence-electron chi connectivity index (χ2n) is 7.33. The van der Waals surface area contributed by atoms with Gasteiger partial charge in [-0.2, -0.15) is 0 Å². The van der Waals surface area contributed by atoms with E-state index in [4.69, 9.17) is 4.74 Å². The van der Waals surface area contributed by atoms with Crippen LogP contribution in [0, 0.1) is 0 Å². The van der Waals surface area contributed by atoms with E-state index in [1.807, 2.05) is 60.8 Å². The highest BCUT2D eigenvalue weighted by Gasteiger charge is 2.42. The largest absolute Gasteiger partial charge is 0.467 e. The Labute approximate surface area is 174 Å². The molecule has 3 aromatic rings. The number of carbonyl (C=O) groups excluding carboxylic acids is 3. The highest BCUT2D eigenvalue weighted by atomic mass is 16.5. The number of methoxy groups -OCH3 is 1. The van der Waals surface area contributed by atoms with Gasteiger partial charge < -0.3 is 9.72 Å². The van der Waals surface area contributed by atoms with Gasteiger partial charge in [0.2, 0.25) is 11.8 Å². The zero-order chi connectivity index (χ0) is 21.1. The van der Waals surface area contributed by atoms with Crippen molar-refractivity contribution in [2.75, 3.05) is 13.7 Å². The third-order valence-corrected chi connectivity index (χ3v) is 5.46. The lowest BCUT2D eigenvalue weighted by Crippen LogP contribution is -2.63. The van der Waals surface area contributed by atoms with E-state index >= 15 is 0 Å². The number of H-pyrrole nitrogens is 1. The average Bonchev–Trinajstić information content (AvgIpc) is 3.18. The van der Waals surface area contributed by atoms with Gasteiger partial charge in [-0.05, 0) is 23.6 Å². The van der Waals surface area contributed by atoms with E-state index in [-0.39, 0.29) is 13.0 Å². The molecule has 1 aromatic heterocycles. The van der Waals surface area contributed by atoms with Crippen LogP contribution in [0.25, 0.3) is 10.9 Å². The molecule has 1 fully saturated rings. The van der Waals surface area contributed by atoms with Crippen LogP contribution in [0.3, 0.4) is 0 Å². The molecule has 4 rings (SSSR count). The molecule has 0 aliphatic carbocycles. The summed E-state index contributed by atoms with van der Waals surface area (Å²) in [6, 6.07) is 15.5. The number of carbonyl (C=O) groups is 3. The highest BCUT2D eigenvalue weighted by molar-refractivity contribution is 6.04. The van der Waals surface area contributed by atoms with Gasteiger partial charge in [-0.1, -0.05) is 48.5 Å². The third-order valence-electron chi connectivity index (χ3n) is 5.46. The fourth-order valence-corrected chi connectivity index (χ4v) is 3.93. The van der Waals surface area contributed by atoms with Crippen molar-refractivity contribution in [1.29, 1.82) is 0 Å². The Bertz CT molecular complexity index is 1080. The molecular formula is C23H23N3O4. The standard InChI is InChI=1S/C23H23N3O4/c1-30-23(29)20(11-15-7-3-2-4-8-15)26-21(27)14-25-19(22(26)28)12-16-13-24-18-10-6-5-9-17(16)18/h2-10,13,19-20,24-25H,11-12,14H2,1H3/t19-,20+/m1/s1. The molecule has 0 saturated carbocycles. The molecule has 2 heterocycles. The van der Waals surface area contributed by atoms with E-state index in [1.54, 1.807) is 0 Å². The molecule has 1 saturated heterocycles. The van der Waals surface area contributed by atoms with Crippen molar-refractivity contribution in [3.63, 3.8) is 0 Å². The van der Waals surface area contributed by atoms with E-state index in [9.17, 15) is 14.4 Å². The van der Waals surface area contributed by atoms with E-state index in [0.717, 1.165) is 26.9 Å². The number of rotatable bonds is 6. The number of piperazine rings is 1. The number of para-hydroxylation sites is 1. The van der Waals surface area contributed by atoms with Crippen molar-refractivity contribution in [3.05, 3.63) is 71.9 Å². The number of benzene rings is 2. The van der Waals surface area contributed by atoms with Crippen LogP contribution in [0.5, 0.6) is 0 Å². The average molecular weight is 405 g/mol. The van der Waals surface area contributed by atoms with E-state index in [0.29, 0.717) is 6.42 Å². The molecule has 2 N–H and O–H groups in total. The van der Waals surface area contributed by atoms with Crippen molar-refractivity contribution >= 4 is 28.7 Å². The van der Waals surface area contributed by atoms with Crippen molar-refractivity contribution in [3.8, 4) is 0 Å². The van der Waals surface area contributed by atoms with Crippen molar-refractivity contribution < 1.29 is 19.1 Å². The number of ether oxygens (including phenoxy) is 1. The first kappa shape index (κ1) is 19.8. The van der Waals surface area contributed by atoms with Gasteiger partial charge in [-0.25, -0.2) is 4.79 Å². The van der Waals surface area contributed by atoms with Gasteiger partial charge >= 0.3 is 5.97 Å². The number of fused-ring (bicyclic) bond motifs is 1. The Balaban J connectivity index is 1.60. The molecule has 154 valence electrons. The van der Waals surface area contributed by atoms with Crippen LogP contribution in [0.2, 0.25) is 0 Å². The zero-order valence-electron chi connectivity index (χ0n) is 16.6. The SMILES string of the molecule is COC(=O)[C@H](Cc1ccccc1)N1C(=O)CN[C@H](Cc2c[nH]c3ccccc23)C1=O. The van der Waals surface area contributed by atoms with Crippen LogP contribution in [0.1, 0.15) is 11.1 Å². The van der Waals surface area contributed by atoms with Gasteiger partial charge in [0.25, 0.3) is 0 Å². The smallest absolute Gasteiger partial charge is 0.329 e. The van der Waals surface area contributed by atoms with E-state index in [2.05, 4.69) is 10.3 Å². The lowest BCUT2D eigenvalue weighted by atomic mass is 9.99.